The second-order valence-corrected chi connectivity index (χ2v) is 24.9. The summed E-state index contributed by atoms with van der Waals surface area (Å²) in [6.07, 6.45) is 86.7. The third kappa shape index (κ3) is 65.4. The van der Waals surface area contributed by atoms with E-state index < -0.39 is 12.1 Å². The molecule has 6 heteroatoms. The van der Waals surface area contributed by atoms with E-state index in [0.717, 1.165) is 38.5 Å². The molecular weight excluding hydrogens is 971 g/mol. The molecule has 2 atom stereocenters. The van der Waals surface area contributed by atoms with E-state index in [1.54, 1.807) is 0 Å². The molecule has 0 saturated heterocycles. The van der Waals surface area contributed by atoms with Gasteiger partial charge in [0.2, 0.25) is 5.91 Å². The number of aliphatic hydroxyl groups excluding tert-OH is 2. The maximum absolute atomic E-state index is 12.5. The minimum absolute atomic E-state index is 0.0174. The predicted octanol–water partition coefficient (Wildman–Crippen LogP) is 23.3. The quantitative estimate of drug-likeness (QED) is 0.0320. The Balaban J connectivity index is 3.34. The monoisotopic (exact) mass is 1110 g/mol. The molecule has 0 aromatic carbocycles. The van der Waals surface area contributed by atoms with Crippen LogP contribution in [0.15, 0.2) is 24.3 Å². The summed E-state index contributed by atoms with van der Waals surface area (Å²) in [7, 11) is 0. The zero-order valence-electron chi connectivity index (χ0n) is 53.6. The number of nitrogens with one attached hydrogen (secondary N) is 1. The van der Waals surface area contributed by atoms with Crippen LogP contribution in [-0.2, 0) is 14.3 Å². The van der Waals surface area contributed by atoms with Crippen LogP contribution in [0.25, 0.3) is 0 Å². The van der Waals surface area contributed by atoms with Crippen molar-refractivity contribution in [1.82, 2.24) is 5.32 Å². The lowest BCUT2D eigenvalue weighted by atomic mass is 10.0. The molecule has 2 unspecified atom stereocenters. The van der Waals surface area contributed by atoms with Crippen molar-refractivity contribution >= 4 is 11.9 Å². The SMILES string of the molecule is CCCCCCCC/C=C\CCCCCCCCCCCC(=O)OCCCCCCCCCCCCCC/C=C\CCCCCCCCCCCCCCCCC(=O)NC(CO)C(O)CCCCCCCCCCCCCCC. The fourth-order valence-electron chi connectivity index (χ4n) is 11.5. The van der Waals surface area contributed by atoms with Crippen LogP contribution in [0, 0.1) is 0 Å². The summed E-state index contributed by atoms with van der Waals surface area (Å²) in [6.45, 7) is 4.98. The van der Waals surface area contributed by atoms with E-state index in [9.17, 15) is 19.8 Å². The lowest BCUT2D eigenvalue weighted by Gasteiger charge is -2.22. The number of unbranched alkanes of at least 4 members (excludes halogenated alkanes) is 53. The van der Waals surface area contributed by atoms with Crippen LogP contribution in [0.1, 0.15) is 406 Å². The number of allylic oxidation sites excluding steroid dienone is 4. The zero-order chi connectivity index (χ0) is 57.1. The largest absolute Gasteiger partial charge is 0.466 e. The van der Waals surface area contributed by atoms with Crippen molar-refractivity contribution in [2.75, 3.05) is 13.2 Å². The number of hydrogen-bond donors (Lipinski definition) is 3. The summed E-state index contributed by atoms with van der Waals surface area (Å²) in [5, 5.41) is 23.3. The Morgan fingerprint density at radius 2 is 0.595 bits per heavy atom. The molecule has 1 amide bonds. The molecule has 468 valence electrons. The summed E-state index contributed by atoms with van der Waals surface area (Å²) < 4.78 is 5.51. The minimum atomic E-state index is -0.662. The molecule has 0 aromatic heterocycles. The van der Waals surface area contributed by atoms with Gasteiger partial charge in [-0.05, 0) is 77.0 Å². The molecule has 0 radical (unpaired) electrons. The predicted molar refractivity (Wildman–Crippen MR) is 347 cm³/mol. The molecule has 0 aromatic rings. The van der Waals surface area contributed by atoms with Gasteiger partial charge in [0.1, 0.15) is 0 Å². The molecule has 0 rings (SSSR count). The Morgan fingerprint density at radius 3 is 0.899 bits per heavy atom. The highest BCUT2D eigenvalue weighted by Crippen LogP contribution is 2.19. The molecular formula is C73H141NO5. The van der Waals surface area contributed by atoms with E-state index >= 15 is 0 Å². The Bertz CT molecular complexity index is 1230. The Hall–Kier alpha value is -1.66. The van der Waals surface area contributed by atoms with Crippen molar-refractivity contribution < 1.29 is 24.5 Å². The average molecular weight is 1110 g/mol. The Labute approximate surface area is 494 Å². The van der Waals surface area contributed by atoms with Crippen molar-refractivity contribution in [1.29, 1.82) is 0 Å². The van der Waals surface area contributed by atoms with Crippen molar-refractivity contribution in [2.24, 2.45) is 0 Å². The lowest BCUT2D eigenvalue weighted by molar-refractivity contribution is -0.143. The van der Waals surface area contributed by atoms with Gasteiger partial charge in [0.05, 0.1) is 25.4 Å². The second-order valence-electron chi connectivity index (χ2n) is 24.9. The van der Waals surface area contributed by atoms with Crippen LogP contribution in [0.3, 0.4) is 0 Å². The number of carbonyl (C=O) groups excluding carboxylic acids is 2. The van der Waals surface area contributed by atoms with Crippen molar-refractivity contribution in [3.05, 3.63) is 24.3 Å². The maximum Gasteiger partial charge on any atom is 0.305 e. The van der Waals surface area contributed by atoms with E-state index in [2.05, 4.69) is 43.5 Å². The normalized spacial score (nSPS) is 12.6. The van der Waals surface area contributed by atoms with Crippen molar-refractivity contribution in [3.8, 4) is 0 Å². The first-order valence-corrected chi connectivity index (χ1v) is 36.1. The van der Waals surface area contributed by atoms with Gasteiger partial charge in [0.25, 0.3) is 0 Å². The lowest BCUT2D eigenvalue weighted by Crippen LogP contribution is -2.45. The molecule has 3 N–H and O–H groups in total. The molecule has 0 bridgehead atoms. The van der Waals surface area contributed by atoms with Crippen LogP contribution < -0.4 is 5.32 Å². The molecule has 6 nitrogen and oxygen atoms in total. The number of esters is 1. The van der Waals surface area contributed by atoms with E-state index in [0.29, 0.717) is 25.9 Å². The summed E-state index contributed by atoms with van der Waals surface area (Å²) >= 11 is 0. The van der Waals surface area contributed by atoms with Gasteiger partial charge < -0.3 is 20.3 Å². The van der Waals surface area contributed by atoms with Gasteiger partial charge in [0, 0.05) is 12.8 Å². The van der Waals surface area contributed by atoms with Crippen LogP contribution in [0.5, 0.6) is 0 Å². The maximum atomic E-state index is 12.5. The highest BCUT2D eigenvalue weighted by Gasteiger charge is 2.20. The van der Waals surface area contributed by atoms with E-state index in [4.69, 9.17) is 4.74 Å². The molecule has 79 heavy (non-hydrogen) atoms. The molecule has 0 spiro atoms. The average Bonchev–Trinajstić information content (AvgIpc) is 3.45. The fraction of sp³-hybridized carbons (Fsp3) is 0.918. The Kier molecular flexibility index (Phi) is 67.4. The summed E-state index contributed by atoms with van der Waals surface area (Å²) in [5.74, 6) is -0.0140. The van der Waals surface area contributed by atoms with Crippen LogP contribution in [0.2, 0.25) is 0 Å². The molecule has 0 aliphatic heterocycles. The van der Waals surface area contributed by atoms with Gasteiger partial charge in [-0.3, -0.25) is 9.59 Å². The minimum Gasteiger partial charge on any atom is -0.466 e. The van der Waals surface area contributed by atoms with Gasteiger partial charge in [-0.1, -0.05) is 340 Å². The van der Waals surface area contributed by atoms with Gasteiger partial charge >= 0.3 is 5.97 Å². The molecule has 0 saturated carbocycles. The molecule has 0 fully saturated rings. The first-order chi connectivity index (χ1) is 39.0. The third-order valence-corrected chi connectivity index (χ3v) is 17.0. The Morgan fingerprint density at radius 1 is 0.342 bits per heavy atom. The molecule has 0 heterocycles. The van der Waals surface area contributed by atoms with Gasteiger partial charge in [-0.2, -0.15) is 0 Å². The number of ether oxygens (including phenoxy) is 1. The third-order valence-electron chi connectivity index (χ3n) is 17.0. The van der Waals surface area contributed by atoms with Crippen LogP contribution in [0.4, 0.5) is 0 Å². The standard InChI is InChI=1S/C73H141NO5/c1-3-5-7-9-11-13-15-17-18-19-32-36-39-43-47-51-55-59-63-67-73(78)79-68-64-60-56-52-48-44-40-37-34-31-29-27-25-23-21-20-22-24-26-28-30-33-35-38-42-46-50-54-58-62-66-72(77)74-70(69-75)71(76)65-61-57-53-49-45-41-16-14-12-10-8-6-4-2/h17-18,21,23,70-71,75-76H,3-16,19-20,22,24-69H2,1-2H3,(H,74,77)/b18-17-,23-21-. The van der Waals surface area contributed by atoms with E-state index in [1.807, 2.05) is 0 Å². The molecule has 0 aliphatic carbocycles. The number of hydrogen-bond acceptors (Lipinski definition) is 5. The van der Waals surface area contributed by atoms with Gasteiger partial charge in [0.15, 0.2) is 0 Å². The summed E-state index contributed by atoms with van der Waals surface area (Å²) in [5.41, 5.74) is 0. The highest BCUT2D eigenvalue weighted by molar-refractivity contribution is 5.76. The first-order valence-electron chi connectivity index (χ1n) is 36.1. The number of rotatable bonds is 68. The summed E-state index contributed by atoms with van der Waals surface area (Å²) in [6, 6.07) is -0.539. The van der Waals surface area contributed by atoms with Crippen LogP contribution in [-0.4, -0.2) is 47.4 Å². The van der Waals surface area contributed by atoms with Crippen LogP contribution >= 0.6 is 0 Å². The van der Waals surface area contributed by atoms with Crippen molar-refractivity contribution in [3.63, 3.8) is 0 Å². The summed E-state index contributed by atoms with van der Waals surface area (Å²) in [4.78, 5) is 24.6. The first kappa shape index (κ1) is 77.3. The number of carbonyl (C=O) groups is 2. The molecule has 0 aliphatic rings. The zero-order valence-corrected chi connectivity index (χ0v) is 53.6. The number of amides is 1. The van der Waals surface area contributed by atoms with Gasteiger partial charge in [-0.15, -0.1) is 0 Å². The van der Waals surface area contributed by atoms with Crippen molar-refractivity contribution in [2.45, 2.75) is 418 Å². The topological polar surface area (TPSA) is 95.9 Å². The van der Waals surface area contributed by atoms with E-state index in [1.165, 1.54) is 334 Å². The number of aliphatic hydroxyl groups is 2. The smallest absolute Gasteiger partial charge is 0.305 e. The highest BCUT2D eigenvalue weighted by atomic mass is 16.5. The van der Waals surface area contributed by atoms with Gasteiger partial charge in [-0.25, -0.2) is 0 Å². The fourth-order valence-corrected chi connectivity index (χ4v) is 11.5. The second kappa shape index (κ2) is 68.8. The van der Waals surface area contributed by atoms with E-state index in [-0.39, 0.29) is 18.5 Å².